The Morgan fingerprint density at radius 2 is 2.07 bits per heavy atom. The van der Waals surface area contributed by atoms with Crippen molar-refractivity contribution in [3.05, 3.63) is 22.5 Å². The molecule has 74 valence electrons. The standard InChI is InChI=1S/C8H8Cl2N4/c1-4(2)7-11-3-5-6(9)12-8(10)13-14(5)7/h3-4H,1-2H3. The molecule has 0 amide bonds. The number of hydrogen-bond donors (Lipinski definition) is 0. The molecular formula is C8H8Cl2N4. The van der Waals surface area contributed by atoms with Crippen molar-refractivity contribution in [2.75, 3.05) is 0 Å². The van der Waals surface area contributed by atoms with Crippen LogP contribution in [0.3, 0.4) is 0 Å². The molecule has 0 aliphatic carbocycles. The summed E-state index contributed by atoms with van der Waals surface area (Å²) in [5.74, 6) is 1.09. The Kier molecular flexibility index (Phi) is 2.33. The molecule has 0 saturated carbocycles. The Labute approximate surface area is 90.9 Å². The van der Waals surface area contributed by atoms with Gasteiger partial charge in [-0.05, 0) is 11.6 Å². The maximum atomic E-state index is 5.88. The lowest BCUT2D eigenvalue weighted by Crippen LogP contribution is -2.02. The highest BCUT2D eigenvalue weighted by Crippen LogP contribution is 2.20. The molecule has 0 aromatic carbocycles. The number of halogens is 2. The van der Waals surface area contributed by atoms with Gasteiger partial charge in [-0.3, -0.25) is 0 Å². The van der Waals surface area contributed by atoms with E-state index in [0.717, 1.165) is 5.82 Å². The van der Waals surface area contributed by atoms with E-state index in [4.69, 9.17) is 23.2 Å². The SMILES string of the molecule is CC(C)c1ncc2c(Cl)nc(Cl)nn12. The van der Waals surface area contributed by atoms with Crippen LogP contribution in [0.15, 0.2) is 6.20 Å². The van der Waals surface area contributed by atoms with Crippen LogP contribution in [0.2, 0.25) is 10.4 Å². The van der Waals surface area contributed by atoms with E-state index in [0.29, 0.717) is 10.7 Å². The molecule has 0 spiro atoms. The molecule has 0 saturated heterocycles. The predicted molar refractivity (Wildman–Crippen MR) is 54.9 cm³/mol. The van der Waals surface area contributed by atoms with Crippen LogP contribution in [-0.2, 0) is 0 Å². The number of imidazole rings is 1. The molecular weight excluding hydrogens is 223 g/mol. The number of rotatable bonds is 1. The second kappa shape index (κ2) is 3.37. The van der Waals surface area contributed by atoms with Crippen LogP contribution >= 0.6 is 23.2 Å². The van der Waals surface area contributed by atoms with Crippen molar-refractivity contribution in [1.29, 1.82) is 0 Å². The third-order valence-corrected chi connectivity index (χ3v) is 2.30. The van der Waals surface area contributed by atoms with Gasteiger partial charge < -0.3 is 0 Å². The fourth-order valence-electron chi connectivity index (χ4n) is 1.24. The van der Waals surface area contributed by atoms with E-state index >= 15 is 0 Å². The number of hydrogen-bond acceptors (Lipinski definition) is 3. The fourth-order valence-corrected chi connectivity index (χ4v) is 1.65. The summed E-state index contributed by atoms with van der Waals surface area (Å²) in [6.07, 6.45) is 1.65. The molecule has 0 unspecified atom stereocenters. The van der Waals surface area contributed by atoms with E-state index in [1.54, 1.807) is 10.7 Å². The normalized spacial score (nSPS) is 11.5. The molecule has 0 radical (unpaired) electrons. The average Bonchev–Trinajstić information content (AvgIpc) is 2.47. The monoisotopic (exact) mass is 230 g/mol. The zero-order valence-corrected chi connectivity index (χ0v) is 9.21. The Bertz CT molecular complexity index is 477. The van der Waals surface area contributed by atoms with Crippen LogP contribution < -0.4 is 0 Å². The summed E-state index contributed by atoms with van der Waals surface area (Å²) < 4.78 is 1.63. The van der Waals surface area contributed by atoms with Crippen molar-refractivity contribution in [1.82, 2.24) is 19.6 Å². The second-order valence-electron chi connectivity index (χ2n) is 3.24. The third-order valence-electron chi connectivity index (χ3n) is 1.86. The fraction of sp³-hybridized carbons (Fsp3) is 0.375. The number of aromatic nitrogens is 4. The molecule has 4 nitrogen and oxygen atoms in total. The minimum atomic E-state index is 0.127. The summed E-state index contributed by atoms with van der Waals surface area (Å²) in [6.45, 7) is 4.05. The molecule has 0 fully saturated rings. The van der Waals surface area contributed by atoms with Crippen LogP contribution in [0, 0.1) is 0 Å². The number of fused-ring (bicyclic) bond motifs is 1. The van der Waals surface area contributed by atoms with Crippen molar-refractivity contribution < 1.29 is 0 Å². The Balaban J connectivity index is 2.78. The van der Waals surface area contributed by atoms with Gasteiger partial charge in [0.25, 0.3) is 0 Å². The molecule has 0 N–H and O–H groups in total. The van der Waals surface area contributed by atoms with Gasteiger partial charge in [-0.25, -0.2) is 14.5 Å². The Hall–Kier alpha value is -0.870. The van der Waals surface area contributed by atoms with Crippen molar-refractivity contribution in [3.63, 3.8) is 0 Å². The summed E-state index contributed by atoms with van der Waals surface area (Å²) in [5, 5.41) is 4.49. The van der Waals surface area contributed by atoms with E-state index < -0.39 is 0 Å². The van der Waals surface area contributed by atoms with E-state index in [1.165, 1.54) is 0 Å². The van der Waals surface area contributed by atoms with Gasteiger partial charge >= 0.3 is 0 Å². The molecule has 2 rings (SSSR count). The van der Waals surface area contributed by atoms with Crippen LogP contribution in [0.5, 0.6) is 0 Å². The highest BCUT2D eigenvalue weighted by molar-refractivity contribution is 6.34. The summed E-state index contributed by atoms with van der Waals surface area (Å²) in [6, 6.07) is 0. The smallest absolute Gasteiger partial charge is 0.239 e. The molecule has 14 heavy (non-hydrogen) atoms. The lowest BCUT2D eigenvalue weighted by atomic mass is 10.2. The van der Waals surface area contributed by atoms with Crippen LogP contribution in [0.25, 0.3) is 5.52 Å². The molecule has 0 aliphatic heterocycles. The van der Waals surface area contributed by atoms with Gasteiger partial charge in [0, 0.05) is 5.92 Å². The number of nitrogens with zero attached hydrogens (tertiary/aromatic N) is 4. The third kappa shape index (κ3) is 1.44. The van der Waals surface area contributed by atoms with Gasteiger partial charge in [-0.1, -0.05) is 25.4 Å². The largest absolute Gasteiger partial charge is 0.242 e. The van der Waals surface area contributed by atoms with E-state index in [2.05, 4.69) is 15.1 Å². The van der Waals surface area contributed by atoms with Crippen LogP contribution in [0.1, 0.15) is 25.6 Å². The predicted octanol–water partition coefficient (Wildman–Crippen LogP) is 2.55. The lowest BCUT2D eigenvalue weighted by Gasteiger charge is -2.03. The summed E-state index contributed by atoms with van der Waals surface area (Å²) in [5.41, 5.74) is 0.680. The molecule has 0 bridgehead atoms. The maximum Gasteiger partial charge on any atom is 0.242 e. The maximum absolute atomic E-state index is 5.88. The van der Waals surface area contributed by atoms with Crippen LogP contribution in [-0.4, -0.2) is 19.6 Å². The van der Waals surface area contributed by atoms with Crippen molar-refractivity contribution in [2.24, 2.45) is 0 Å². The molecule has 6 heteroatoms. The molecule has 2 heterocycles. The average molecular weight is 231 g/mol. The quantitative estimate of drug-likeness (QED) is 0.757. The first kappa shape index (κ1) is 9.68. The van der Waals surface area contributed by atoms with Gasteiger partial charge in [0.1, 0.15) is 11.3 Å². The first-order valence-corrected chi connectivity index (χ1v) is 4.92. The van der Waals surface area contributed by atoms with Gasteiger partial charge in [-0.2, -0.15) is 0 Å². The van der Waals surface area contributed by atoms with E-state index in [1.807, 2.05) is 13.8 Å². The molecule has 2 aromatic heterocycles. The Morgan fingerprint density at radius 1 is 1.36 bits per heavy atom. The van der Waals surface area contributed by atoms with Crippen molar-refractivity contribution in [3.8, 4) is 0 Å². The van der Waals surface area contributed by atoms with E-state index in [-0.39, 0.29) is 11.2 Å². The van der Waals surface area contributed by atoms with Gasteiger partial charge in [-0.15, -0.1) is 5.10 Å². The van der Waals surface area contributed by atoms with Gasteiger partial charge in [0.2, 0.25) is 5.28 Å². The van der Waals surface area contributed by atoms with Crippen molar-refractivity contribution >= 4 is 28.7 Å². The van der Waals surface area contributed by atoms with E-state index in [9.17, 15) is 0 Å². The highest BCUT2D eigenvalue weighted by atomic mass is 35.5. The minimum absolute atomic E-state index is 0.127. The zero-order chi connectivity index (χ0) is 10.3. The van der Waals surface area contributed by atoms with Gasteiger partial charge in [0.05, 0.1) is 6.20 Å². The molecule has 2 aromatic rings. The second-order valence-corrected chi connectivity index (χ2v) is 3.94. The van der Waals surface area contributed by atoms with Crippen LogP contribution in [0.4, 0.5) is 0 Å². The first-order chi connectivity index (χ1) is 6.59. The van der Waals surface area contributed by atoms with Crippen molar-refractivity contribution in [2.45, 2.75) is 19.8 Å². The highest BCUT2D eigenvalue weighted by Gasteiger charge is 2.12. The summed E-state index contributed by atoms with van der Waals surface area (Å²) >= 11 is 11.6. The zero-order valence-electron chi connectivity index (χ0n) is 7.70. The van der Waals surface area contributed by atoms with Gasteiger partial charge in [0.15, 0.2) is 5.15 Å². The minimum Gasteiger partial charge on any atom is -0.239 e. The lowest BCUT2D eigenvalue weighted by molar-refractivity contribution is 0.720. The first-order valence-electron chi connectivity index (χ1n) is 4.16. The topological polar surface area (TPSA) is 43.1 Å². The molecule has 0 atom stereocenters. The summed E-state index contributed by atoms with van der Waals surface area (Å²) in [4.78, 5) is 8.05. The summed E-state index contributed by atoms with van der Waals surface area (Å²) in [7, 11) is 0. The molecule has 0 aliphatic rings. The Morgan fingerprint density at radius 3 is 2.71 bits per heavy atom.